The summed E-state index contributed by atoms with van der Waals surface area (Å²) in [6.07, 6.45) is 8.36. The molecule has 0 aromatic rings. The van der Waals surface area contributed by atoms with E-state index in [1.54, 1.807) is 0 Å². The van der Waals surface area contributed by atoms with Crippen molar-refractivity contribution < 1.29 is 0 Å². The van der Waals surface area contributed by atoms with E-state index in [0.29, 0.717) is 11.5 Å². The summed E-state index contributed by atoms with van der Waals surface area (Å²) < 4.78 is 0. The van der Waals surface area contributed by atoms with Crippen LogP contribution in [0.25, 0.3) is 0 Å². The van der Waals surface area contributed by atoms with E-state index in [1.165, 1.54) is 30.6 Å². The van der Waals surface area contributed by atoms with Gasteiger partial charge in [0.2, 0.25) is 0 Å². The molecule has 2 unspecified atom stereocenters. The van der Waals surface area contributed by atoms with Crippen LogP contribution < -0.4 is 21.3 Å². The van der Waals surface area contributed by atoms with E-state index in [9.17, 15) is 0 Å². The molecule has 4 nitrogen and oxygen atoms in total. The maximum Gasteiger partial charge on any atom is 0.110 e. The van der Waals surface area contributed by atoms with Crippen LogP contribution in [0.3, 0.4) is 0 Å². The van der Waals surface area contributed by atoms with Crippen LogP contribution >= 0.6 is 11.8 Å². The van der Waals surface area contributed by atoms with Gasteiger partial charge in [0.1, 0.15) is 5.50 Å². The molecule has 0 saturated carbocycles. The third kappa shape index (κ3) is 4.70. The van der Waals surface area contributed by atoms with Crippen LogP contribution in [0.4, 0.5) is 0 Å². The molecular formula is C16H32N4S. The average molecular weight is 313 g/mol. The third-order valence-electron chi connectivity index (χ3n) is 4.13. The lowest BCUT2D eigenvalue weighted by atomic mass is 9.92. The molecule has 2 aliphatic rings. The number of hydrogen-bond acceptors (Lipinski definition) is 5. The van der Waals surface area contributed by atoms with E-state index >= 15 is 0 Å². The number of thioether (sulfide) groups is 1. The highest BCUT2D eigenvalue weighted by Crippen LogP contribution is 2.38. The molecule has 122 valence electrons. The van der Waals surface area contributed by atoms with Crippen molar-refractivity contribution in [2.24, 2.45) is 0 Å². The van der Waals surface area contributed by atoms with Crippen LogP contribution in [-0.4, -0.2) is 36.8 Å². The Bertz CT molecular complexity index is 337. The first-order valence-corrected chi connectivity index (χ1v) is 9.50. The van der Waals surface area contributed by atoms with E-state index in [1.807, 2.05) is 11.8 Å². The van der Waals surface area contributed by atoms with Gasteiger partial charge in [-0.05, 0) is 57.8 Å². The summed E-state index contributed by atoms with van der Waals surface area (Å²) in [4.78, 5) is 1.50. The van der Waals surface area contributed by atoms with Gasteiger partial charge >= 0.3 is 0 Å². The zero-order valence-corrected chi connectivity index (χ0v) is 14.6. The molecule has 1 saturated heterocycles. The van der Waals surface area contributed by atoms with Crippen molar-refractivity contribution in [1.82, 2.24) is 21.3 Å². The first kappa shape index (κ1) is 17.3. The van der Waals surface area contributed by atoms with Crippen LogP contribution in [0.2, 0.25) is 0 Å². The fourth-order valence-corrected chi connectivity index (χ4v) is 4.30. The lowest BCUT2D eigenvalue weighted by molar-refractivity contribution is 0.273. The molecule has 1 heterocycles. The van der Waals surface area contributed by atoms with E-state index in [0.717, 1.165) is 26.1 Å². The molecule has 0 aromatic heterocycles. The molecule has 0 spiro atoms. The molecule has 0 amide bonds. The monoisotopic (exact) mass is 312 g/mol. The fourth-order valence-electron chi connectivity index (χ4n) is 2.98. The molecule has 0 bridgehead atoms. The second-order valence-electron chi connectivity index (χ2n) is 6.08. The molecule has 1 aliphatic heterocycles. The molecule has 21 heavy (non-hydrogen) atoms. The summed E-state index contributed by atoms with van der Waals surface area (Å²) in [5, 5.41) is 14.8. The summed E-state index contributed by atoms with van der Waals surface area (Å²) in [6.45, 7) is 9.90. The largest absolute Gasteiger partial charge is 0.296 e. The number of rotatable bonds is 9. The molecule has 4 N–H and O–H groups in total. The van der Waals surface area contributed by atoms with E-state index in [4.69, 9.17) is 0 Å². The number of nitrogens with one attached hydrogen (secondary N) is 4. The Morgan fingerprint density at radius 3 is 2.43 bits per heavy atom. The van der Waals surface area contributed by atoms with Gasteiger partial charge < -0.3 is 0 Å². The normalized spacial score (nSPS) is 27.5. The highest BCUT2D eigenvalue weighted by Gasteiger charge is 2.38. The van der Waals surface area contributed by atoms with E-state index in [2.05, 4.69) is 48.1 Å². The Hall–Kier alpha value is -0.0700. The van der Waals surface area contributed by atoms with Gasteiger partial charge in [-0.25, -0.2) is 0 Å². The minimum absolute atomic E-state index is 0.00613. The van der Waals surface area contributed by atoms with Crippen molar-refractivity contribution in [2.45, 2.75) is 70.1 Å². The lowest BCUT2D eigenvalue weighted by Gasteiger charge is -2.38. The molecule has 1 fully saturated rings. The van der Waals surface area contributed by atoms with Gasteiger partial charge in [-0.2, -0.15) is 0 Å². The van der Waals surface area contributed by atoms with Crippen LogP contribution in [0, 0.1) is 0 Å². The molecule has 0 radical (unpaired) electrons. The van der Waals surface area contributed by atoms with Crippen molar-refractivity contribution in [3.63, 3.8) is 0 Å². The molecule has 2 atom stereocenters. The van der Waals surface area contributed by atoms with E-state index < -0.39 is 0 Å². The van der Waals surface area contributed by atoms with Gasteiger partial charge in [0.05, 0.1) is 5.66 Å². The van der Waals surface area contributed by atoms with Crippen molar-refractivity contribution in [3.8, 4) is 0 Å². The first-order chi connectivity index (χ1) is 10.2. The minimum atomic E-state index is 0.00613. The first-order valence-electron chi connectivity index (χ1n) is 8.62. The Balaban J connectivity index is 2.02. The molecule has 2 rings (SSSR count). The second-order valence-corrected chi connectivity index (χ2v) is 7.26. The Morgan fingerprint density at radius 1 is 1.14 bits per heavy atom. The second kappa shape index (κ2) is 8.53. The van der Waals surface area contributed by atoms with Crippen LogP contribution in [0.5, 0.6) is 0 Å². The summed E-state index contributed by atoms with van der Waals surface area (Å²) in [5.74, 6) is 0. The molecule has 1 aliphatic carbocycles. The quantitative estimate of drug-likeness (QED) is 0.492. The molecule has 0 aromatic carbocycles. The zero-order chi connectivity index (χ0) is 15.1. The van der Waals surface area contributed by atoms with Gasteiger partial charge in [-0.3, -0.25) is 21.3 Å². The number of fused-ring (bicyclic) bond motifs is 1. The highest BCUT2D eigenvalue weighted by atomic mass is 32.2. The summed E-state index contributed by atoms with van der Waals surface area (Å²) in [7, 11) is 0. The van der Waals surface area contributed by atoms with Gasteiger partial charge in [-0.15, -0.1) is 0 Å². The third-order valence-corrected chi connectivity index (χ3v) is 5.34. The van der Waals surface area contributed by atoms with Gasteiger partial charge in [0.15, 0.2) is 0 Å². The maximum atomic E-state index is 3.74. The van der Waals surface area contributed by atoms with Crippen molar-refractivity contribution in [1.29, 1.82) is 0 Å². The standard InChI is InChI=1S/C16H32N4S/c1-4-9-17-15-20-13-7-8-16(18-10-5-2,19-11-6-3)12-14(13)21-15/h12-13,15,17-20H,4-11H2,1-3H3. The van der Waals surface area contributed by atoms with Crippen molar-refractivity contribution in [2.75, 3.05) is 19.6 Å². The van der Waals surface area contributed by atoms with Crippen LogP contribution in [0.1, 0.15) is 52.9 Å². The SMILES string of the molecule is CCCNC1NC2CCC(NCCC)(NCCC)C=C2S1. The van der Waals surface area contributed by atoms with Gasteiger partial charge in [0, 0.05) is 10.9 Å². The van der Waals surface area contributed by atoms with Crippen LogP contribution in [-0.2, 0) is 0 Å². The van der Waals surface area contributed by atoms with Crippen molar-refractivity contribution >= 4 is 11.8 Å². The lowest BCUT2D eigenvalue weighted by Crippen LogP contribution is -2.58. The summed E-state index contributed by atoms with van der Waals surface area (Å²) in [5.41, 5.74) is 0.390. The van der Waals surface area contributed by atoms with Gasteiger partial charge in [-0.1, -0.05) is 32.5 Å². The molecular weight excluding hydrogens is 280 g/mol. The highest BCUT2D eigenvalue weighted by molar-refractivity contribution is 8.03. The molecule has 5 heteroatoms. The van der Waals surface area contributed by atoms with Crippen LogP contribution in [0.15, 0.2) is 11.0 Å². The smallest absolute Gasteiger partial charge is 0.110 e. The Kier molecular flexibility index (Phi) is 7.02. The van der Waals surface area contributed by atoms with Crippen molar-refractivity contribution in [3.05, 3.63) is 11.0 Å². The average Bonchev–Trinajstić information content (AvgIpc) is 2.90. The number of hydrogen-bond donors (Lipinski definition) is 4. The minimum Gasteiger partial charge on any atom is -0.296 e. The predicted octanol–water partition coefficient (Wildman–Crippen LogP) is 2.35. The van der Waals surface area contributed by atoms with Gasteiger partial charge in [0.25, 0.3) is 0 Å². The van der Waals surface area contributed by atoms with E-state index in [-0.39, 0.29) is 5.66 Å². The maximum absolute atomic E-state index is 3.74. The predicted molar refractivity (Wildman–Crippen MR) is 93.2 cm³/mol. The Morgan fingerprint density at radius 2 is 1.81 bits per heavy atom. The Labute approximate surface area is 134 Å². The topological polar surface area (TPSA) is 48.1 Å². The fraction of sp³-hybridized carbons (Fsp3) is 0.875. The summed E-state index contributed by atoms with van der Waals surface area (Å²) >= 11 is 1.96. The summed E-state index contributed by atoms with van der Waals surface area (Å²) in [6, 6.07) is 0.546. The zero-order valence-electron chi connectivity index (χ0n) is 13.8.